The Morgan fingerprint density at radius 3 is 1.03 bits per heavy atom. The van der Waals surface area contributed by atoms with Crippen LogP contribution in [-0.2, 0) is 16.8 Å². The van der Waals surface area contributed by atoms with E-state index in [9.17, 15) is 0 Å². The molecule has 0 N–H and O–H groups in total. The van der Waals surface area contributed by atoms with Gasteiger partial charge in [0.25, 0.3) is 0 Å². The van der Waals surface area contributed by atoms with Crippen LogP contribution in [0, 0.1) is 0 Å². The van der Waals surface area contributed by atoms with Crippen LogP contribution >= 0.6 is 0 Å². The van der Waals surface area contributed by atoms with Crippen molar-refractivity contribution in [2.45, 2.75) is 181 Å². The van der Waals surface area contributed by atoms with Gasteiger partial charge in [0.1, 0.15) is 0 Å². The summed E-state index contributed by atoms with van der Waals surface area (Å²) in [4.78, 5) is 0. The molecule has 230 valence electrons. The largest absolute Gasteiger partial charge is 0.469 e. The number of hydrogen-bond donors (Lipinski definition) is 0. The summed E-state index contributed by atoms with van der Waals surface area (Å²) in [6.07, 6.45) is 6.17. The minimum atomic E-state index is -2.97. The molecule has 0 rings (SSSR count). The molecule has 0 aromatic rings. The third kappa shape index (κ3) is 12.4. The first-order valence-electron chi connectivity index (χ1n) is 15.4. The zero-order valence-corrected chi connectivity index (χ0v) is 34.3. The average molecular weight is 623 g/mol. The Kier molecular flexibility index (Phi) is 14.3. The van der Waals surface area contributed by atoms with Crippen LogP contribution in [0.5, 0.6) is 0 Å². The molecule has 0 amide bonds. The Morgan fingerprint density at radius 1 is 0.447 bits per heavy atom. The van der Waals surface area contributed by atoms with E-state index >= 15 is 0 Å². The van der Waals surface area contributed by atoms with Crippen LogP contribution in [0.3, 0.4) is 0 Å². The van der Waals surface area contributed by atoms with Crippen LogP contribution in [0.4, 0.5) is 0 Å². The Hall–Kier alpha value is 0.924. The Morgan fingerprint density at radius 2 is 0.737 bits per heavy atom. The third-order valence-electron chi connectivity index (χ3n) is 9.45. The molecule has 0 saturated carbocycles. The highest BCUT2D eigenvalue weighted by molar-refractivity contribution is 6.92. The molecule has 0 aliphatic heterocycles. The molecule has 0 bridgehead atoms. The Labute approximate surface area is 245 Å². The molecule has 0 radical (unpaired) electrons. The van der Waals surface area contributed by atoms with Crippen molar-refractivity contribution in [3.8, 4) is 0 Å². The summed E-state index contributed by atoms with van der Waals surface area (Å²) < 4.78 is 28.4. The van der Waals surface area contributed by atoms with Crippen molar-refractivity contribution in [2.24, 2.45) is 0 Å². The lowest BCUT2D eigenvalue weighted by atomic mass is 10.2. The summed E-state index contributed by atoms with van der Waals surface area (Å²) >= 11 is 0. The van der Waals surface area contributed by atoms with E-state index in [0.29, 0.717) is 0 Å². The minimum Gasteiger partial charge on any atom is -0.418 e. The summed E-state index contributed by atoms with van der Waals surface area (Å²) in [5, 5.41) is 0.322. The van der Waals surface area contributed by atoms with Gasteiger partial charge in [-0.25, -0.2) is 0 Å². The van der Waals surface area contributed by atoms with E-state index in [2.05, 4.69) is 122 Å². The topological polar surface area (TPSA) is 36.9 Å². The maximum absolute atomic E-state index is 7.44. The molecule has 0 heterocycles. The van der Waals surface area contributed by atoms with Crippen LogP contribution < -0.4 is 0 Å². The van der Waals surface area contributed by atoms with Gasteiger partial charge in [0.15, 0.2) is 33.3 Å². The van der Waals surface area contributed by atoms with Crippen molar-refractivity contribution >= 4 is 42.1 Å². The van der Waals surface area contributed by atoms with Gasteiger partial charge in [0, 0.05) is 12.7 Å². The lowest BCUT2D eigenvalue weighted by molar-refractivity contribution is 0.227. The van der Waals surface area contributed by atoms with Crippen LogP contribution in [0.15, 0.2) is 0 Å². The van der Waals surface area contributed by atoms with E-state index in [4.69, 9.17) is 16.8 Å². The van der Waals surface area contributed by atoms with Gasteiger partial charge in [-0.15, -0.1) is 0 Å². The van der Waals surface area contributed by atoms with Gasteiger partial charge in [-0.1, -0.05) is 88.0 Å². The fourth-order valence-corrected chi connectivity index (χ4v) is 22.3. The van der Waals surface area contributed by atoms with Gasteiger partial charge in [0.2, 0.25) is 0 Å². The monoisotopic (exact) mass is 622 g/mol. The zero-order valence-electron chi connectivity index (χ0n) is 29.3. The molecular formula is C29H70O4Si5. The lowest BCUT2D eigenvalue weighted by Crippen LogP contribution is -2.65. The fourth-order valence-electron chi connectivity index (χ4n) is 3.73. The molecule has 0 aromatic carbocycles. The standard InChI is InChI=1S/C29H70O4Si5/c1-19-30-34(11,12)25-23-21-20-22-24-26-38(31-35(13,14)27(2,3)4,32-36(15,16)28(5,6)7)33-37(17,18)29(8,9)10/h19-26H2,1-18H3. The predicted molar refractivity (Wildman–Crippen MR) is 182 cm³/mol. The summed E-state index contributed by atoms with van der Waals surface area (Å²) in [5.74, 6) is 0. The summed E-state index contributed by atoms with van der Waals surface area (Å²) in [7, 11) is -10.8. The minimum absolute atomic E-state index is 0.107. The van der Waals surface area contributed by atoms with Gasteiger partial charge in [-0.3, -0.25) is 0 Å². The highest BCUT2D eigenvalue weighted by atomic mass is 28.5. The second-order valence-electron chi connectivity index (χ2n) is 16.7. The molecular weight excluding hydrogens is 553 g/mol. The van der Waals surface area contributed by atoms with Crippen molar-refractivity contribution < 1.29 is 16.8 Å². The van der Waals surface area contributed by atoms with Crippen LogP contribution in [0.2, 0.25) is 79.6 Å². The molecule has 0 atom stereocenters. The molecule has 9 heteroatoms. The molecule has 0 spiro atoms. The second-order valence-corrected chi connectivity index (χ2v) is 38.9. The number of hydrogen-bond acceptors (Lipinski definition) is 4. The Balaban J connectivity index is 6.04. The SMILES string of the molecule is CCO[Si](C)(C)CCCCCCC[Si](O[Si](C)(C)C(C)(C)C)(O[Si](C)(C)C(C)(C)C)O[Si](C)(C)C(C)(C)C. The normalized spacial score (nSPS) is 15.3. The first-order valence-corrected chi connectivity index (χ1v) is 29.2. The fraction of sp³-hybridized carbons (Fsp3) is 1.00. The second kappa shape index (κ2) is 13.9. The van der Waals surface area contributed by atoms with E-state index in [0.717, 1.165) is 19.1 Å². The molecule has 4 nitrogen and oxygen atoms in total. The maximum atomic E-state index is 7.44. The van der Waals surface area contributed by atoms with Gasteiger partial charge in [-0.05, 0) is 86.9 Å². The van der Waals surface area contributed by atoms with Crippen molar-refractivity contribution in [2.75, 3.05) is 6.61 Å². The molecule has 0 aromatic heterocycles. The number of unbranched alkanes of at least 4 members (excludes halogenated alkanes) is 4. The van der Waals surface area contributed by atoms with E-state index in [1.807, 2.05) is 0 Å². The quantitative estimate of drug-likeness (QED) is 0.127. The Bertz CT molecular complexity index is 632. The van der Waals surface area contributed by atoms with Crippen molar-refractivity contribution in [3.63, 3.8) is 0 Å². The highest BCUT2D eigenvalue weighted by Gasteiger charge is 2.57. The highest BCUT2D eigenvalue weighted by Crippen LogP contribution is 2.47. The van der Waals surface area contributed by atoms with Crippen molar-refractivity contribution in [1.82, 2.24) is 0 Å². The van der Waals surface area contributed by atoms with Gasteiger partial charge in [-0.2, -0.15) is 0 Å². The summed E-state index contributed by atoms with van der Waals surface area (Å²) in [5.41, 5.74) is 0. The average Bonchev–Trinajstić information content (AvgIpc) is 2.63. The summed E-state index contributed by atoms with van der Waals surface area (Å²) in [6.45, 7) is 43.0. The van der Waals surface area contributed by atoms with Gasteiger partial charge < -0.3 is 16.8 Å². The van der Waals surface area contributed by atoms with E-state index in [-0.39, 0.29) is 15.1 Å². The van der Waals surface area contributed by atoms with E-state index in [1.165, 1.54) is 31.7 Å². The summed E-state index contributed by atoms with van der Waals surface area (Å²) in [6, 6.07) is 2.20. The van der Waals surface area contributed by atoms with Gasteiger partial charge >= 0.3 is 8.80 Å². The van der Waals surface area contributed by atoms with Crippen LogP contribution in [0.25, 0.3) is 0 Å². The molecule has 0 saturated heterocycles. The maximum Gasteiger partial charge on any atom is 0.469 e. The lowest BCUT2D eigenvalue weighted by Gasteiger charge is -2.52. The van der Waals surface area contributed by atoms with Gasteiger partial charge in [0.05, 0.1) is 0 Å². The zero-order chi connectivity index (χ0) is 30.5. The first kappa shape index (κ1) is 38.9. The predicted octanol–water partition coefficient (Wildman–Crippen LogP) is 11.2. The number of rotatable bonds is 16. The van der Waals surface area contributed by atoms with E-state index in [1.54, 1.807) is 0 Å². The molecule has 0 aliphatic carbocycles. The molecule has 38 heavy (non-hydrogen) atoms. The smallest absolute Gasteiger partial charge is 0.418 e. The van der Waals surface area contributed by atoms with Crippen molar-refractivity contribution in [3.05, 3.63) is 0 Å². The molecule has 0 fully saturated rings. The van der Waals surface area contributed by atoms with Crippen LogP contribution in [-0.4, -0.2) is 48.7 Å². The molecule has 0 unspecified atom stereocenters. The van der Waals surface area contributed by atoms with E-state index < -0.39 is 42.1 Å². The van der Waals surface area contributed by atoms with Crippen LogP contribution in [0.1, 0.15) is 101 Å². The van der Waals surface area contributed by atoms with Crippen molar-refractivity contribution in [1.29, 1.82) is 0 Å². The molecule has 0 aliphatic rings. The third-order valence-corrected chi connectivity index (χ3v) is 33.7. The first-order chi connectivity index (χ1) is 16.6.